The summed E-state index contributed by atoms with van der Waals surface area (Å²) >= 11 is 4.46. The number of nitro benzene ring substituents is 1. The molecule has 1 aliphatic heterocycles. The third-order valence-electron chi connectivity index (χ3n) is 5.91. The van der Waals surface area contributed by atoms with Gasteiger partial charge in [-0.3, -0.25) is 19.5 Å². The van der Waals surface area contributed by atoms with Gasteiger partial charge in [0.15, 0.2) is 4.80 Å². The number of esters is 1. The minimum absolute atomic E-state index is 0.0636. The first kappa shape index (κ1) is 29.0. The molecule has 0 aliphatic carbocycles. The summed E-state index contributed by atoms with van der Waals surface area (Å²) in [6.45, 7) is 9.61. The number of fused-ring (bicyclic) bond motifs is 1. The standard InChI is InChI=1S/C28H26BrN3O7S/c1-5-12-39-25-20(29)13-17(14-21(25)32(35)36)15-22-26(33)31-24(18-8-10-19(11-9-18)37-6-2)23(27(34)38-7-3)16(4)30-28(31)40-22/h5,8-11,13-15,24H,1,6-7,12H2,2-4H3/b22-15-/t24-/m0/s1. The molecule has 0 saturated heterocycles. The lowest BCUT2D eigenvalue weighted by atomic mass is 9.96. The average Bonchev–Trinajstić information content (AvgIpc) is 3.21. The molecule has 40 heavy (non-hydrogen) atoms. The number of rotatable bonds is 10. The van der Waals surface area contributed by atoms with Crippen LogP contribution in [0.1, 0.15) is 37.9 Å². The van der Waals surface area contributed by atoms with Crippen molar-refractivity contribution in [3.63, 3.8) is 0 Å². The summed E-state index contributed by atoms with van der Waals surface area (Å²) in [5.74, 6) is 0.157. The summed E-state index contributed by atoms with van der Waals surface area (Å²) in [5, 5.41) is 11.8. The summed E-state index contributed by atoms with van der Waals surface area (Å²) in [6.07, 6.45) is 3.04. The minimum atomic E-state index is -0.788. The van der Waals surface area contributed by atoms with Crippen LogP contribution in [-0.2, 0) is 9.53 Å². The summed E-state index contributed by atoms with van der Waals surface area (Å²) in [4.78, 5) is 43.0. The molecule has 208 valence electrons. The van der Waals surface area contributed by atoms with Crippen molar-refractivity contribution in [2.75, 3.05) is 19.8 Å². The third kappa shape index (κ3) is 5.77. The van der Waals surface area contributed by atoms with Crippen LogP contribution in [0.25, 0.3) is 6.08 Å². The van der Waals surface area contributed by atoms with Crippen molar-refractivity contribution in [1.29, 1.82) is 0 Å². The Morgan fingerprint density at radius 1 is 1.23 bits per heavy atom. The highest BCUT2D eigenvalue weighted by atomic mass is 79.9. The lowest BCUT2D eigenvalue weighted by molar-refractivity contribution is -0.385. The van der Waals surface area contributed by atoms with Gasteiger partial charge in [0.2, 0.25) is 5.75 Å². The number of hydrogen-bond donors (Lipinski definition) is 0. The van der Waals surface area contributed by atoms with Crippen LogP contribution in [0.15, 0.2) is 74.6 Å². The molecule has 0 unspecified atom stereocenters. The van der Waals surface area contributed by atoms with Crippen molar-refractivity contribution in [1.82, 2.24) is 4.57 Å². The Bertz CT molecular complexity index is 1690. The predicted octanol–water partition coefficient (Wildman–Crippen LogP) is 4.43. The Balaban J connectivity index is 1.90. The van der Waals surface area contributed by atoms with Crippen LogP contribution in [0.2, 0.25) is 0 Å². The molecule has 1 aromatic heterocycles. The normalized spacial score (nSPS) is 14.8. The Kier molecular flexibility index (Phi) is 9.00. The van der Waals surface area contributed by atoms with Crippen molar-refractivity contribution in [3.05, 3.63) is 106 Å². The summed E-state index contributed by atoms with van der Waals surface area (Å²) in [5.41, 5.74) is 1.12. The van der Waals surface area contributed by atoms with Gasteiger partial charge in [-0.2, -0.15) is 0 Å². The molecule has 0 bridgehead atoms. The van der Waals surface area contributed by atoms with Crippen LogP contribution in [-0.4, -0.2) is 35.3 Å². The van der Waals surface area contributed by atoms with Crippen LogP contribution in [0, 0.1) is 10.1 Å². The number of nitro groups is 1. The number of halogens is 1. The number of thiazole rings is 1. The number of benzene rings is 2. The quantitative estimate of drug-likeness (QED) is 0.141. The molecule has 0 amide bonds. The second-order valence-corrected chi connectivity index (χ2v) is 10.4. The molecule has 0 fully saturated rings. The zero-order chi connectivity index (χ0) is 29.0. The van der Waals surface area contributed by atoms with Gasteiger partial charge in [-0.05, 0) is 72.1 Å². The van der Waals surface area contributed by atoms with Crippen molar-refractivity contribution in [2.24, 2.45) is 4.99 Å². The number of hydrogen-bond acceptors (Lipinski definition) is 9. The van der Waals surface area contributed by atoms with E-state index in [-0.39, 0.29) is 34.8 Å². The van der Waals surface area contributed by atoms with E-state index in [0.29, 0.717) is 38.5 Å². The lowest BCUT2D eigenvalue weighted by Crippen LogP contribution is -2.39. The molecule has 2 aromatic carbocycles. The van der Waals surface area contributed by atoms with Crippen LogP contribution in [0.5, 0.6) is 11.5 Å². The highest BCUT2D eigenvalue weighted by Gasteiger charge is 2.33. The molecule has 4 rings (SSSR count). The second-order valence-electron chi connectivity index (χ2n) is 8.51. The molecule has 1 atom stereocenters. The summed E-state index contributed by atoms with van der Waals surface area (Å²) < 4.78 is 18.4. The van der Waals surface area contributed by atoms with E-state index >= 15 is 0 Å². The fourth-order valence-electron chi connectivity index (χ4n) is 4.27. The number of aromatic nitrogens is 1. The van der Waals surface area contributed by atoms with E-state index in [4.69, 9.17) is 14.2 Å². The molecule has 10 nitrogen and oxygen atoms in total. The molecule has 0 spiro atoms. The fraction of sp³-hybridized carbons (Fsp3) is 0.250. The van der Waals surface area contributed by atoms with Crippen LogP contribution < -0.4 is 24.4 Å². The van der Waals surface area contributed by atoms with Crippen molar-refractivity contribution in [3.8, 4) is 11.5 Å². The van der Waals surface area contributed by atoms with Gasteiger partial charge >= 0.3 is 11.7 Å². The maximum absolute atomic E-state index is 13.8. The van der Waals surface area contributed by atoms with E-state index in [1.807, 2.05) is 6.92 Å². The van der Waals surface area contributed by atoms with Gasteiger partial charge in [0.25, 0.3) is 5.56 Å². The van der Waals surface area contributed by atoms with Gasteiger partial charge in [-0.15, -0.1) is 0 Å². The second kappa shape index (κ2) is 12.4. The highest BCUT2D eigenvalue weighted by Crippen LogP contribution is 2.37. The monoisotopic (exact) mass is 627 g/mol. The van der Waals surface area contributed by atoms with E-state index < -0.39 is 22.5 Å². The zero-order valence-electron chi connectivity index (χ0n) is 22.0. The number of carbonyl (C=O) groups excluding carboxylic acids is 1. The lowest BCUT2D eigenvalue weighted by Gasteiger charge is -2.24. The molecule has 2 heterocycles. The molecule has 12 heteroatoms. The van der Waals surface area contributed by atoms with Crippen LogP contribution in [0.3, 0.4) is 0 Å². The number of carbonyl (C=O) groups is 1. The Hall–Kier alpha value is -4.03. The van der Waals surface area contributed by atoms with E-state index in [1.165, 1.54) is 16.7 Å². The van der Waals surface area contributed by atoms with Gasteiger partial charge in [0, 0.05) is 6.07 Å². The number of allylic oxidation sites excluding steroid dienone is 1. The van der Waals surface area contributed by atoms with Gasteiger partial charge in [-0.25, -0.2) is 9.79 Å². The topological polar surface area (TPSA) is 122 Å². The predicted molar refractivity (Wildman–Crippen MR) is 154 cm³/mol. The summed E-state index contributed by atoms with van der Waals surface area (Å²) in [7, 11) is 0. The minimum Gasteiger partial charge on any atom is -0.494 e. The molecular formula is C28H26BrN3O7S. The van der Waals surface area contributed by atoms with E-state index in [1.54, 1.807) is 50.3 Å². The fourth-order valence-corrected chi connectivity index (χ4v) is 5.90. The average molecular weight is 629 g/mol. The van der Waals surface area contributed by atoms with Crippen LogP contribution >= 0.6 is 27.3 Å². The Morgan fingerprint density at radius 3 is 2.58 bits per heavy atom. The van der Waals surface area contributed by atoms with Crippen LogP contribution in [0.4, 0.5) is 5.69 Å². The maximum Gasteiger partial charge on any atom is 0.338 e. The van der Waals surface area contributed by atoms with E-state index in [0.717, 1.165) is 11.3 Å². The van der Waals surface area contributed by atoms with Crippen molar-refractivity contribution < 1.29 is 23.9 Å². The zero-order valence-corrected chi connectivity index (χ0v) is 24.4. The van der Waals surface area contributed by atoms with Crippen molar-refractivity contribution >= 4 is 45.0 Å². The first-order valence-electron chi connectivity index (χ1n) is 12.3. The van der Waals surface area contributed by atoms with Crippen molar-refractivity contribution in [2.45, 2.75) is 26.8 Å². The number of nitrogens with zero attached hydrogens (tertiary/aromatic N) is 3. The smallest absolute Gasteiger partial charge is 0.338 e. The summed E-state index contributed by atoms with van der Waals surface area (Å²) in [6, 6.07) is 9.33. The third-order valence-corrected chi connectivity index (χ3v) is 7.48. The molecule has 1 aliphatic rings. The van der Waals surface area contributed by atoms with Gasteiger partial charge in [0.05, 0.1) is 44.5 Å². The van der Waals surface area contributed by atoms with E-state index in [2.05, 4.69) is 27.5 Å². The SMILES string of the molecule is C=CCOc1c(Br)cc(/C=c2\sc3n(c2=O)[C@@H](c2ccc(OCC)cc2)C(C(=O)OCC)=C(C)N=3)cc1[N+](=O)[O-]. The molecule has 3 aromatic rings. The van der Waals surface area contributed by atoms with E-state index in [9.17, 15) is 19.7 Å². The number of ether oxygens (including phenoxy) is 3. The van der Waals surface area contributed by atoms with Gasteiger partial charge in [-0.1, -0.05) is 36.1 Å². The van der Waals surface area contributed by atoms with Gasteiger partial charge in [0.1, 0.15) is 12.4 Å². The Morgan fingerprint density at radius 2 is 1.95 bits per heavy atom. The molecule has 0 N–H and O–H groups in total. The molecular weight excluding hydrogens is 602 g/mol. The van der Waals surface area contributed by atoms with Gasteiger partial charge < -0.3 is 14.2 Å². The highest BCUT2D eigenvalue weighted by molar-refractivity contribution is 9.10. The first-order valence-corrected chi connectivity index (χ1v) is 13.9. The maximum atomic E-state index is 13.8. The molecule has 0 radical (unpaired) electrons. The molecule has 0 saturated carbocycles. The largest absolute Gasteiger partial charge is 0.494 e. The Labute approximate surface area is 241 Å². The first-order chi connectivity index (χ1) is 19.2.